The topological polar surface area (TPSA) is 106 Å². The molecule has 1 heterocycles. The Kier molecular flexibility index (Phi) is 9.49. The molecule has 1 aliphatic rings. The average Bonchev–Trinajstić information content (AvgIpc) is 2.82. The van der Waals surface area contributed by atoms with Crippen molar-refractivity contribution in [3.05, 3.63) is 82.2 Å². The molecule has 5 atom stereocenters. The van der Waals surface area contributed by atoms with Gasteiger partial charge >= 0.3 is 0 Å². The summed E-state index contributed by atoms with van der Waals surface area (Å²) < 4.78 is 24.8. The number of ether oxygens (including phenoxy) is 3. The minimum atomic E-state index is -2.30. The van der Waals surface area contributed by atoms with E-state index in [1.807, 2.05) is 60.7 Å². The lowest BCUT2D eigenvalue weighted by atomic mass is 9.97. The summed E-state index contributed by atoms with van der Waals surface area (Å²) in [5.74, 6) is 0. The SMILES string of the molecule is CC(C)(C)[Si](C)(C)O[C@@H]1O[C@H](COCc2ccccc2)[C@@H](O)[C@H](OCc2ccccc2)[C@H]1N=[N+]=[N-]. The molecule has 2 aromatic rings. The zero-order valence-corrected chi connectivity index (χ0v) is 22.2. The third kappa shape index (κ3) is 7.38. The van der Waals surface area contributed by atoms with E-state index in [9.17, 15) is 10.6 Å². The van der Waals surface area contributed by atoms with Gasteiger partial charge in [0.2, 0.25) is 0 Å². The Balaban J connectivity index is 1.81. The molecule has 2 aromatic carbocycles. The first kappa shape index (κ1) is 27.4. The third-order valence-corrected chi connectivity index (χ3v) is 11.2. The van der Waals surface area contributed by atoms with Crippen LogP contribution in [-0.2, 0) is 31.9 Å². The van der Waals surface area contributed by atoms with Gasteiger partial charge in [-0.15, -0.1) is 0 Å². The Morgan fingerprint density at radius 1 is 1.00 bits per heavy atom. The standard InChI is InChI=1S/C26H37N3O5Si/c1-26(2,3)35(4,5)34-25-22(28-29-27)24(32-17-20-14-10-7-11-15-20)23(30)21(33-25)18-31-16-19-12-8-6-9-13-19/h6-15,21-25,30H,16-18H2,1-5H3/t21-,22-,23-,24-,25+/m1/s1. The van der Waals surface area contributed by atoms with Crippen LogP contribution in [0, 0.1) is 0 Å². The zero-order chi connectivity index (χ0) is 25.5. The number of azide groups is 1. The van der Waals surface area contributed by atoms with Gasteiger partial charge in [0.1, 0.15) is 18.2 Å². The number of aliphatic hydroxyl groups excluding tert-OH is 1. The summed E-state index contributed by atoms with van der Waals surface area (Å²) in [5, 5.41) is 15.1. The van der Waals surface area contributed by atoms with Gasteiger partial charge < -0.3 is 23.7 Å². The van der Waals surface area contributed by atoms with E-state index in [0.717, 1.165) is 11.1 Å². The first-order valence-corrected chi connectivity index (χ1v) is 14.9. The molecular weight excluding hydrogens is 462 g/mol. The summed E-state index contributed by atoms with van der Waals surface area (Å²) in [6.07, 6.45) is -3.45. The van der Waals surface area contributed by atoms with E-state index in [2.05, 4.69) is 43.9 Å². The van der Waals surface area contributed by atoms with Gasteiger partial charge in [-0.25, -0.2) is 0 Å². The highest BCUT2D eigenvalue weighted by atomic mass is 28.4. The largest absolute Gasteiger partial charge is 0.392 e. The number of aliphatic hydroxyl groups is 1. The predicted molar refractivity (Wildman–Crippen MR) is 137 cm³/mol. The van der Waals surface area contributed by atoms with E-state index in [4.69, 9.17) is 18.6 Å². The summed E-state index contributed by atoms with van der Waals surface area (Å²) in [5.41, 5.74) is 11.3. The maximum Gasteiger partial charge on any atom is 0.195 e. The maximum atomic E-state index is 11.2. The van der Waals surface area contributed by atoms with Crippen molar-refractivity contribution in [2.45, 2.75) is 82.8 Å². The molecule has 0 aromatic heterocycles. The summed E-state index contributed by atoms with van der Waals surface area (Å²) in [4.78, 5) is 3.03. The van der Waals surface area contributed by atoms with Crippen LogP contribution in [-0.4, -0.2) is 50.7 Å². The molecule has 3 rings (SSSR count). The van der Waals surface area contributed by atoms with E-state index in [-0.39, 0.29) is 18.3 Å². The first-order valence-electron chi connectivity index (χ1n) is 11.9. The highest BCUT2D eigenvalue weighted by Crippen LogP contribution is 2.40. The summed E-state index contributed by atoms with van der Waals surface area (Å²) in [6.45, 7) is 11.4. The third-order valence-electron chi connectivity index (χ3n) is 6.72. The van der Waals surface area contributed by atoms with E-state index < -0.39 is 39.0 Å². The van der Waals surface area contributed by atoms with E-state index in [1.54, 1.807) is 0 Å². The van der Waals surface area contributed by atoms with Gasteiger partial charge in [0.05, 0.1) is 25.9 Å². The molecule has 1 fully saturated rings. The van der Waals surface area contributed by atoms with Crippen molar-refractivity contribution >= 4 is 8.32 Å². The Bertz CT molecular complexity index is 964. The fourth-order valence-electron chi connectivity index (χ4n) is 3.62. The molecule has 0 bridgehead atoms. The monoisotopic (exact) mass is 499 g/mol. The predicted octanol–water partition coefficient (Wildman–Crippen LogP) is 5.58. The summed E-state index contributed by atoms with van der Waals surface area (Å²) >= 11 is 0. The Hall–Kier alpha value is -2.23. The van der Waals surface area contributed by atoms with E-state index >= 15 is 0 Å². The quantitative estimate of drug-likeness (QED) is 0.199. The van der Waals surface area contributed by atoms with Crippen molar-refractivity contribution in [2.75, 3.05) is 6.61 Å². The number of rotatable bonds is 10. The summed E-state index contributed by atoms with van der Waals surface area (Å²) in [6, 6.07) is 18.6. The molecule has 0 aliphatic carbocycles. The van der Waals surface area contributed by atoms with Crippen LogP contribution in [0.3, 0.4) is 0 Å². The van der Waals surface area contributed by atoms with E-state index in [0.29, 0.717) is 6.61 Å². The van der Waals surface area contributed by atoms with Crippen molar-refractivity contribution in [3.8, 4) is 0 Å². The van der Waals surface area contributed by atoms with Crippen LogP contribution in [0.25, 0.3) is 10.4 Å². The van der Waals surface area contributed by atoms with Crippen LogP contribution in [0.4, 0.5) is 0 Å². The molecule has 8 nitrogen and oxygen atoms in total. The highest BCUT2D eigenvalue weighted by Gasteiger charge is 2.50. The number of hydrogen-bond acceptors (Lipinski definition) is 6. The van der Waals surface area contributed by atoms with Crippen molar-refractivity contribution < 1.29 is 23.7 Å². The zero-order valence-electron chi connectivity index (χ0n) is 21.2. The van der Waals surface area contributed by atoms with Gasteiger partial charge in [0.25, 0.3) is 0 Å². The molecule has 0 spiro atoms. The van der Waals surface area contributed by atoms with Crippen molar-refractivity contribution in [1.29, 1.82) is 0 Å². The number of hydrogen-bond donors (Lipinski definition) is 1. The smallest absolute Gasteiger partial charge is 0.195 e. The second-order valence-corrected chi connectivity index (χ2v) is 15.1. The second-order valence-electron chi connectivity index (χ2n) is 10.4. The van der Waals surface area contributed by atoms with Crippen molar-refractivity contribution in [2.24, 2.45) is 5.11 Å². The molecule has 0 saturated carbocycles. The van der Waals surface area contributed by atoms with Gasteiger partial charge in [-0.05, 0) is 34.8 Å². The molecule has 0 unspecified atom stereocenters. The minimum absolute atomic E-state index is 0.0902. The maximum absolute atomic E-state index is 11.2. The minimum Gasteiger partial charge on any atom is -0.392 e. The van der Waals surface area contributed by atoms with Crippen molar-refractivity contribution in [1.82, 2.24) is 0 Å². The van der Waals surface area contributed by atoms with Crippen LogP contribution in [0.15, 0.2) is 65.8 Å². The van der Waals surface area contributed by atoms with Gasteiger partial charge in [0.15, 0.2) is 14.6 Å². The molecule has 35 heavy (non-hydrogen) atoms. The number of nitrogens with zero attached hydrogens (tertiary/aromatic N) is 3. The van der Waals surface area contributed by atoms with Gasteiger partial charge in [-0.2, -0.15) is 0 Å². The fraction of sp³-hybridized carbons (Fsp3) is 0.538. The van der Waals surface area contributed by atoms with Crippen LogP contribution in [0.5, 0.6) is 0 Å². The Morgan fingerprint density at radius 2 is 1.57 bits per heavy atom. The van der Waals surface area contributed by atoms with Gasteiger partial charge in [0, 0.05) is 4.91 Å². The lowest BCUT2D eigenvalue weighted by Crippen LogP contribution is -2.62. The lowest BCUT2D eigenvalue weighted by Gasteiger charge is -2.47. The Labute approximate surface area is 208 Å². The molecular formula is C26H37N3O5Si. The molecule has 1 aliphatic heterocycles. The second kappa shape index (κ2) is 12.1. The summed E-state index contributed by atoms with van der Waals surface area (Å²) in [7, 11) is -2.30. The molecule has 0 radical (unpaired) electrons. The van der Waals surface area contributed by atoms with Crippen LogP contribution < -0.4 is 0 Å². The van der Waals surface area contributed by atoms with Gasteiger partial charge in [-0.3, -0.25) is 0 Å². The molecule has 1 N–H and O–H groups in total. The first-order chi connectivity index (χ1) is 16.6. The van der Waals surface area contributed by atoms with E-state index in [1.165, 1.54) is 0 Å². The molecule has 0 amide bonds. The van der Waals surface area contributed by atoms with Crippen LogP contribution in [0.2, 0.25) is 18.1 Å². The average molecular weight is 500 g/mol. The normalized spacial score (nSPS) is 25.1. The van der Waals surface area contributed by atoms with Crippen LogP contribution >= 0.6 is 0 Å². The van der Waals surface area contributed by atoms with Crippen molar-refractivity contribution in [3.63, 3.8) is 0 Å². The molecule has 9 heteroatoms. The lowest BCUT2D eigenvalue weighted by molar-refractivity contribution is -0.256. The van der Waals surface area contributed by atoms with Crippen LogP contribution in [0.1, 0.15) is 31.9 Å². The highest BCUT2D eigenvalue weighted by molar-refractivity contribution is 6.74. The fourth-order valence-corrected chi connectivity index (χ4v) is 4.74. The molecule has 190 valence electrons. The Morgan fingerprint density at radius 3 is 2.11 bits per heavy atom. The number of benzene rings is 2. The molecule has 1 saturated heterocycles. The van der Waals surface area contributed by atoms with Gasteiger partial charge in [-0.1, -0.05) is 86.5 Å².